The molecule has 8 heteroatoms. The third-order valence-electron chi connectivity index (χ3n) is 3.56. The standard InChI is InChI=1S/C16H19ClN2.C2H7NO3S/c1-19(2)12-10-15(16-5-3-4-11-18-16)13-6-8-14(17)9-7-13;3-1-2-7(4,5)6/h3-9,11,15H,10,12H2,1-2H3;1-3H2,(H,4,5,6). The van der Waals surface area contributed by atoms with E-state index in [0.29, 0.717) is 5.92 Å². The first-order valence-electron chi connectivity index (χ1n) is 8.19. The van der Waals surface area contributed by atoms with Crippen molar-refractivity contribution in [1.82, 2.24) is 9.88 Å². The summed E-state index contributed by atoms with van der Waals surface area (Å²) in [5, 5.41) is 0.774. The van der Waals surface area contributed by atoms with E-state index in [0.717, 1.165) is 23.7 Å². The minimum atomic E-state index is -3.80. The molecule has 26 heavy (non-hydrogen) atoms. The lowest BCUT2D eigenvalue weighted by molar-refractivity contribution is 0.389. The SMILES string of the molecule is CN(C)CCC(c1ccc(Cl)cc1)c1ccccn1.NCCS(=O)(=O)O. The highest BCUT2D eigenvalue weighted by atomic mass is 35.5. The molecule has 1 unspecified atom stereocenters. The third-order valence-corrected chi connectivity index (χ3v) is 4.56. The predicted molar refractivity (Wildman–Crippen MR) is 106 cm³/mol. The van der Waals surface area contributed by atoms with E-state index in [-0.39, 0.29) is 12.3 Å². The summed E-state index contributed by atoms with van der Waals surface area (Å²) in [6, 6.07) is 14.2. The second-order valence-corrected chi connectivity index (χ2v) is 8.03. The van der Waals surface area contributed by atoms with Crippen molar-refractivity contribution in [1.29, 1.82) is 0 Å². The van der Waals surface area contributed by atoms with Gasteiger partial charge in [-0.15, -0.1) is 0 Å². The van der Waals surface area contributed by atoms with Gasteiger partial charge in [-0.2, -0.15) is 8.42 Å². The van der Waals surface area contributed by atoms with Crippen molar-refractivity contribution in [3.8, 4) is 0 Å². The van der Waals surface area contributed by atoms with Gasteiger partial charge < -0.3 is 10.6 Å². The number of nitrogens with zero attached hydrogens (tertiary/aromatic N) is 2. The normalized spacial score (nSPS) is 12.4. The molecule has 1 aromatic carbocycles. The van der Waals surface area contributed by atoms with Crippen LogP contribution in [-0.4, -0.2) is 55.8 Å². The molecule has 0 radical (unpaired) electrons. The average Bonchev–Trinajstić information content (AvgIpc) is 2.57. The van der Waals surface area contributed by atoms with E-state index >= 15 is 0 Å². The highest BCUT2D eigenvalue weighted by molar-refractivity contribution is 7.85. The second kappa shape index (κ2) is 11.3. The van der Waals surface area contributed by atoms with E-state index in [1.54, 1.807) is 0 Å². The zero-order valence-corrected chi connectivity index (χ0v) is 16.6. The molecule has 1 aromatic heterocycles. The van der Waals surface area contributed by atoms with Gasteiger partial charge in [0.15, 0.2) is 0 Å². The number of halogens is 1. The molecule has 1 atom stereocenters. The molecule has 0 aliphatic rings. The number of benzene rings is 1. The Kier molecular flexibility index (Phi) is 9.75. The second-order valence-electron chi connectivity index (χ2n) is 6.03. The molecule has 3 N–H and O–H groups in total. The van der Waals surface area contributed by atoms with Crippen LogP contribution in [0.25, 0.3) is 0 Å². The zero-order valence-electron chi connectivity index (χ0n) is 15.0. The molecular formula is C18H26ClN3O3S. The molecule has 144 valence electrons. The smallest absolute Gasteiger partial charge is 0.266 e. The van der Waals surface area contributed by atoms with Crippen LogP contribution in [0.15, 0.2) is 48.7 Å². The minimum absolute atomic E-state index is 0.0289. The molecular weight excluding hydrogens is 374 g/mol. The van der Waals surface area contributed by atoms with Gasteiger partial charge in [-0.1, -0.05) is 29.8 Å². The van der Waals surface area contributed by atoms with E-state index < -0.39 is 10.1 Å². The lowest BCUT2D eigenvalue weighted by atomic mass is 9.92. The van der Waals surface area contributed by atoms with Gasteiger partial charge in [-0.05, 0) is 56.9 Å². The van der Waals surface area contributed by atoms with Crippen molar-refractivity contribution >= 4 is 21.7 Å². The van der Waals surface area contributed by atoms with Gasteiger partial charge in [0.2, 0.25) is 0 Å². The fourth-order valence-corrected chi connectivity index (χ4v) is 2.72. The Labute approximate surface area is 160 Å². The van der Waals surface area contributed by atoms with Crippen LogP contribution in [0.1, 0.15) is 23.6 Å². The summed E-state index contributed by atoms with van der Waals surface area (Å²) in [5.74, 6) is -0.0339. The van der Waals surface area contributed by atoms with Crippen LogP contribution in [0.2, 0.25) is 5.02 Å². The number of hydrogen-bond donors (Lipinski definition) is 2. The molecule has 2 aromatic rings. The Balaban J connectivity index is 0.000000412. The van der Waals surface area contributed by atoms with Gasteiger partial charge in [-0.3, -0.25) is 9.54 Å². The predicted octanol–water partition coefficient (Wildman–Crippen LogP) is 2.65. The maximum Gasteiger partial charge on any atom is 0.266 e. The van der Waals surface area contributed by atoms with Crippen LogP contribution in [0, 0.1) is 0 Å². The fraction of sp³-hybridized carbons (Fsp3) is 0.389. The molecule has 0 saturated heterocycles. The van der Waals surface area contributed by atoms with Crippen LogP contribution in [0.3, 0.4) is 0 Å². The Morgan fingerprint density at radius 3 is 2.27 bits per heavy atom. The van der Waals surface area contributed by atoms with E-state index in [1.807, 2.05) is 30.5 Å². The average molecular weight is 400 g/mol. The molecule has 1 heterocycles. The summed E-state index contributed by atoms with van der Waals surface area (Å²) >= 11 is 5.97. The Hall–Kier alpha value is -1.51. The monoisotopic (exact) mass is 399 g/mol. The maximum atomic E-state index is 9.71. The molecule has 2 rings (SSSR count). The summed E-state index contributed by atoms with van der Waals surface area (Å²) in [4.78, 5) is 6.70. The summed E-state index contributed by atoms with van der Waals surface area (Å²) in [7, 11) is 0.390. The third kappa shape index (κ3) is 9.26. The topological polar surface area (TPSA) is 96.5 Å². The molecule has 6 nitrogen and oxygen atoms in total. The van der Waals surface area contributed by atoms with Crippen LogP contribution in [0.5, 0.6) is 0 Å². The number of nitrogens with two attached hydrogens (primary N) is 1. The fourth-order valence-electron chi connectivity index (χ4n) is 2.30. The molecule has 0 fully saturated rings. The van der Waals surface area contributed by atoms with E-state index in [9.17, 15) is 8.42 Å². The molecule has 0 saturated carbocycles. The largest absolute Gasteiger partial charge is 0.329 e. The molecule has 0 aliphatic carbocycles. The van der Waals surface area contributed by atoms with Crippen molar-refractivity contribution < 1.29 is 13.0 Å². The van der Waals surface area contributed by atoms with Crippen LogP contribution < -0.4 is 5.73 Å². The van der Waals surface area contributed by atoms with Crippen LogP contribution >= 0.6 is 11.6 Å². The first-order chi connectivity index (χ1) is 12.2. The highest BCUT2D eigenvalue weighted by Crippen LogP contribution is 2.27. The van der Waals surface area contributed by atoms with Crippen molar-refractivity contribution in [2.45, 2.75) is 12.3 Å². The summed E-state index contributed by atoms with van der Waals surface area (Å²) < 4.78 is 27.3. The lowest BCUT2D eigenvalue weighted by Gasteiger charge is -2.19. The first kappa shape index (κ1) is 22.5. The minimum Gasteiger partial charge on any atom is -0.329 e. The molecule has 0 amide bonds. The quantitative estimate of drug-likeness (QED) is 0.695. The van der Waals surface area contributed by atoms with Crippen molar-refractivity contribution in [3.05, 3.63) is 64.9 Å². The highest BCUT2D eigenvalue weighted by Gasteiger charge is 2.15. The summed E-state index contributed by atoms with van der Waals surface area (Å²) in [6.07, 6.45) is 2.90. The Bertz CT molecular complexity index is 738. The number of hydrogen-bond acceptors (Lipinski definition) is 5. The number of pyridine rings is 1. The van der Waals surface area contributed by atoms with Gasteiger partial charge in [0.1, 0.15) is 0 Å². The molecule has 0 spiro atoms. The van der Waals surface area contributed by atoms with Gasteiger partial charge >= 0.3 is 0 Å². The van der Waals surface area contributed by atoms with Gasteiger partial charge in [0.05, 0.1) is 5.75 Å². The summed E-state index contributed by atoms with van der Waals surface area (Å²) in [5.41, 5.74) is 7.16. The van der Waals surface area contributed by atoms with Gasteiger partial charge in [0.25, 0.3) is 10.1 Å². The van der Waals surface area contributed by atoms with Crippen molar-refractivity contribution in [2.75, 3.05) is 32.9 Å². The number of aromatic nitrogens is 1. The molecule has 0 aliphatic heterocycles. The first-order valence-corrected chi connectivity index (χ1v) is 10.2. The van der Waals surface area contributed by atoms with Crippen LogP contribution in [0.4, 0.5) is 0 Å². The van der Waals surface area contributed by atoms with Gasteiger partial charge in [0, 0.05) is 29.4 Å². The Morgan fingerprint density at radius 1 is 1.19 bits per heavy atom. The molecule has 0 bridgehead atoms. The Morgan fingerprint density at radius 2 is 1.85 bits per heavy atom. The van der Waals surface area contributed by atoms with Crippen molar-refractivity contribution in [2.24, 2.45) is 5.73 Å². The zero-order chi connectivity index (χ0) is 19.6. The summed E-state index contributed by atoms with van der Waals surface area (Å²) in [6.45, 7) is 1.00. The maximum absolute atomic E-state index is 9.71. The van der Waals surface area contributed by atoms with E-state index in [1.165, 1.54) is 5.56 Å². The van der Waals surface area contributed by atoms with Crippen LogP contribution in [-0.2, 0) is 10.1 Å². The van der Waals surface area contributed by atoms with E-state index in [4.69, 9.17) is 21.9 Å². The van der Waals surface area contributed by atoms with E-state index in [2.05, 4.69) is 42.2 Å². The van der Waals surface area contributed by atoms with Crippen molar-refractivity contribution in [3.63, 3.8) is 0 Å². The lowest BCUT2D eigenvalue weighted by Crippen LogP contribution is -2.17. The van der Waals surface area contributed by atoms with Gasteiger partial charge in [-0.25, -0.2) is 0 Å². The number of rotatable bonds is 7.